The van der Waals surface area contributed by atoms with Crippen LogP contribution in [0.15, 0.2) is 61.2 Å². The molecule has 4 aromatic heterocycles. The zero-order valence-corrected chi connectivity index (χ0v) is 22.0. The van der Waals surface area contributed by atoms with Crippen LogP contribution in [0.5, 0.6) is 0 Å². The quantitative estimate of drug-likeness (QED) is 0.295. The minimum Gasteiger partial charge on any atom is -0.369 e. The van der Waals surface area contributed by atoms with E-state index >= 15 is 0 Å². The third kappa shape index (κ3) is 5.16. The molecule has 2 N–H and O–H groups in total. The molecule has 1 aromatic carbocycles. The van der Waals surface area contributed by atoms with Gasteiger partial charge >= 0.3 is 0 Å². The molecule has 0 saturated carbocycles. The lowest BCUT2D eigenvalue weighted by Gasteiger charge is -2.19. The number of aromatic nitrogens is 8. The number of hydrogen-bond acceptors (Lipinski definition) is 10. The van der Waals surface area contributed by atoms with E-state index < -0.39 is 0 Å². The topological polar surface area (TPSA) is 136 Å². The van der Waals surface area contributed by atoms with Crippen molar-refractivity contribution < 1.29 is 4.79 Å². The molecule has 0 bridgehead atoms. The van der Waals surface area contributed by atoms with E-state index in [-0.39, 0.29) is 11.8 Å². The largest absolute Gasteiger partial charge is 0.369 e. The number of anilines is 1. The maximum atomic E-state index is 12.4. The van der Waals surface area contributed by atoms with E-state index in [2.05, 4.69) is 58.4 Å². The van der Waals surface area contributed by atoms with Gasteiger partial charge in [0.15, 0.2) is 5.82 Å². The number of carbonyl (C=O) groups excluding carboxylic acids is 1. The number of amides is 1. The summed E-state index contributed by atoms with van der Waals surface area (Å²) in [5, 5.41) is 18.5. The molecule has 0 spiro atoms. The third-order valence-corrected chi connectivity index (χ3v) is 6.92. The SMILES string of the molecule is CNC(=O)c1ccnc2c(C(CNc3cc(-c4ccc(-c5nnnn5C)nc4)ncn3)CSC)cccc12. The fourth-order valence-electron chi connectivity index (χ4n) is 4.28. The second kappa shape index (κ2) is 11.3. The van der Waals surface area contributed by atoms with Gasteiger partial charge in [0.2, 0.25) is 0 Å². The number of nitrogens with zero attached hydrogens (tertiary/aromatic N) is 8. The van der Waals surface area contributed by atoms with Gasteiger partial charge in [0.05, 0.1) is 16.8 Å². The van der Waals surface area contributed by atoms with Gasteiger partial charge < -0.3 is 10.6 Å². The van der Waals surface area contributed by atoms with Crippen molar-refractivity contribution in [3.05, 3.63) is 72.3 Å². The number of thioether (sulfide) groups is 1. The predicted molar refractivity (Wildman–Crippen MR) is 148 cm³/mol. The van der Waals surface area contributed by atoms with E-state index in [9.17, 15) is 4.79 Å². The zero-order valence-electron chi connectivity index (χ0n) is 21.2. The van der Waals surface area contributed by atoms with Gasteiger partial charge in [-0.05, 0) is 40.4 Å². The summed E-state index contributed by atoms with van der Waals surface area (Å²) in [6, 6.07) is 13.5. The van der Waals surface area contributed by atoms with Crippen molar-refractivity contribution in [2.45, 2.75) is 5.92 Å². The highest BCUT2D eigenvalue weighted by Gasteiger charge is 2.18. The van der Waals surface area contributed by atoms with Gasteiger partial charge in [-0.1, -0.05) is 18.2 Å². The van der Waals surface area contributed by atoms with Crippen molar-refractivity contribution in [1.82, 2.24) is 45.5 Å². The van der Waals surface area contributed by atoms with Gasteiger partial charge in [0.1, 0.15) is 17.8 Å². The summed E-state index contributed by atoms with van der Waals surface area (Å²) < 4.78 is 1.57. The molecule has 5 aromatic rings. The first-order chi connectivity index (χ1) is 18.6. The fourth-order valence-corrected chi connectivity index (χ4v) is 4.98. The van der Waals surface area contributed by atoms with Crippen LogP contribution in [0.2, 0.25) is 0 Å². The molecule has 192 valence electrons. The lowest BCUT2D eigenvalue weighted by molar-refractivity contribution is 0.0964. The van der Waals surface area contributed by atoms with Crippen LogP contribution >= 0.6 is 11.8 Å². The van der Waals surface area contributed by atoms with Crippen molar-refractivity contribution in [3.63, 3.8) is 0 Å². The highest BCUT2D eigenvalue weighted by Crippen LogP contribution is 2.29. The lowest BCUT2D eigenvalue weighted by atomic mass is 9.95. The number of rotatable bonds is 9. The summed E-state index contributed by atoms with van der Waals surface area (Å²) in [6.45, 7) is 0.638. The second-order valence-electron chi connectivity index (χ2n) is 8.56. The Hall–Kier alpha value is -4.45. The van der Waals surface area contributed by atoms with E-state index in [1.807, 2.05) is 30.3 Å². The van der Waals surface area contributed by atoms with E-state index in [1.54, 1.807) is 49.0 Å². The Morgan fingerprint density at radius 1 is 1.08 bits per heavy atom. The summed E-state index contributed by atoms with van der Waals surface area (Å²) in [6.07, 6.45) is 7.06. The zero-order chi connectivity index (χ0) is 26.5. The first-order valence-corrected chi connectivity index (χ1v) is 13.3. The standard InChI is InChI=1S/C26H26N10OS/c1-27-26(37)20-9-10-28-24-18(5-4-6-19(20)24)17(14-38-3)13-30-23-11-22(31-15-32-23)16-7-8-21(29-12-16)25-33-34-35-36(25)2/h4-12,15,17H,13-14H2,1-3H3,(H,27,37)(H,30,31,32). The van der Waals surface area contributed by atoms with Crippen LogP contribution in [0.1, 0.15) is 21.8 Å². The Kier molecular flexibility index (Phi) is 7.50. The third-order valence-electron chi connectivity index (χ3n) is 6.19. The highest BCUT2D eigenvalue weighted by atomic mass is 32.2. The van der Waals surface area contributed by atoms with Crippen molar-refractivity contribution in [2.75, 3.05) is 30.9 Å². The Morgan fingerprint density at radius 2 is 1.97 bits per heavy atom. The number of tetrazole rings is 1. The van der Waals surface area contributed by atoms with Gasteiger partial charge in [-0.2, -0.15) is 11.8 Å². The molecule has 1 atom stereocenters. The van der Waals surface area contributed by atoms with Gasteiger partial charge in [0.25, 0.3) is 5.91 Å². The summed E-state index contributed by atoms with van der Waals surface area (Å²) in [5.41, 5.74) is 4.82. The van der Waals surface area contributed by atoms with Crippen molar-refractivity contribution in [2.24, 2.45) is 7.05 Å². The molecule has 1 amide bonds. The highest BCUT2D eigenvalue weighted by molar-refractivity contribution is 7.98. The molecule has 11 nitrogen and oxygen atoms in total. The first-order valence-electron chi connectivity index (χ1n) is 11.9. The molecule has 1 unspecified atom stereocenters. The van der Waals surface area contributed by atoms with Crippen LogP contribution in [0, 0.1) is 0 Å². The average Bonchev–Trinajstić information content (AvgIpc) is 3.40. The van der Waals surface area contributed by atoms with E-state index in [1.165, 1.54) is 6.33 Å². The molecule has 4 heterocycles. The molecular weight excluding hydrogens is 500 g/mol. The number of carbonyl (C=O) groups is 1. The first kappa shape index (κ1) is 25.2. The maximum Gasteiger partial charge on any atom is 0.251 e. The van der Waals surface area contributed by atoms with Gasteiger partial charge in [-0.3, -0.25) is 14.8 Å². The second-order valence-corrected chi connectivity index (χ2v) is 9.47. The molecule has 5 rings (SSSR count). The molecular formula is C26H26N10OS. The van der Waals surface area contributed by atoms with Crippen LogP contribution in [0.3, 0.4) is 0 Å². The molecule has 0 aliphatic heterocycles. The molecule has 0 saturated heterocycles. The summed E-state index contributed by atoms with van der Waals surface area (Å²) in [5.74, 6) is 2.19. The minimum atomic E-state index is -0.127. The van der Waals surface area contributed by atoms with Gasteiger partial charge in [-0.25, -0.2) is 14.6 Å². The van der Waals surface area contributed by atoms with Gasteiger partial charge in [-0.15, -0.1) is 5.10 Å². The number of fused-ring (bicyclic) bond motifs is 1. The minimum absolute atomic E-state index is 0.127. The van der Waals surface area contributed by atoms with Crippen LogP contribution in [0.4, 0.5) is 5.82 Å². The molecule has 0 fully saturated rings. The van der Waals surface area contributed by atoms with Crippen LogP contribution < -0.4 is 10.6 Å². The number of nitrogens with one attached hydrogen (secondary N) is 2. The smallest absolute Gasteiger partial charge is 0.251 e. The van der Waals surface area contributed by atoms with Crippen LogP contribution in [-0.4, -0.2) is 71.7 Å². The molecule has 0 radical (unpaired) electrons. The Morgan fingerprint density at radius 3 is 2.71 bits per heavy atom. The normalized spacial score (nSPS) is 11.9. The Bertz CT molecular complexity index is 1570. The molecule has 38 heavy (non-hydrogen) atoms. The molecule has 0 aliphatic rings. The van der Waals surface area contributed by atoms with Crippen LogP contribution in [-0.2, 0) is 7.05 Å². The van der Waals surface area contributed by atoms with Gasteiger partial charge in [0, 0.05) is 61.7 Å². The number of pyridine rings is 2. The van der Waals surface area contributed by atoms with Crippen molar-refractivity contribution in [1.29, 1.82) is 0 Å². The summed E-state index contributed by atoms with van der Waals surface area (Å²) >= 11 is 1.76. The van der Waals surface area contributed by atoms with Crippen LogP contribution in [0.25, 0.3) is 33.7 Å². The number of para-hydroxylation sites is 1. The predicted octanol–water partition coefficient (Wildman–Crippen LogP) is 3.20. The summed E-state index contributed by atoms with van der Waals surface area (Å²) in [4.78, 5) is 30.4. The molecule has 0 aliphatic carbocycles. The molecule has 12 heteroatoms. The monoisotopic (exact) mass is 526 g/mol. The number of aryl methyl sites for hydroxylation is 1. The summed E-state index contributed by atoms with van der Waals surface area (Å²) in [7, 11) is 3.40. The maximum absolute atomic E-state index is 12.4. The van der Waals surface area contributed by atoms with Crippen molar-refractivity contribution in [3.8, 4) is 22.8 Å². The Balaban J connectivity index is 1.37. The van der Waals surface area contributed by atoms with E-state index in [0.29, 0.717) is 29.4 Å². The number of benzene rings is 1. The average molecular weight is 527 g/mol. The number of hydrogen-bond donors (Lipinski definition) is 2. The van der Waals surface area contributed by atoms with Crippen molar-refractivity contribution >= 4 is 34.4 Å². The lowest BCUT2D eigenvalue weighted by Crippen LogP contribution is -2.19. The van der Waals surface area contributed by atoms with E-state index in [4.69, 9.17) is 0 Å². The van der Waals surface area contributed by atoms with E-state index in [0.717, 1.165) is 33.5 Å². The Labute approximate surface area is 223 Å². The fraction of sp³-hybridized carbons (Fsp3) is 0.231.